The Kier molecular flexibility index (Phi) is 8.42. The Hall–Kier alpha value is -3.47. The molecule has 1 aliphatic rings. The lowest BCUT2D eigenvalue weighted by molar-refractivity contribution is -0.102. The van der Waals surface area contributed by atoms with Crippen molar-refractivity contribution in [2.45, 2.75) is 57.0 Å². The summed E-state index contributed by atoms with van der Waals surface area (Å²) in [5.41, 5.74) is 4.26. The van der Waals surface area contributed by atoms with Gasteiger partial charge in [0.2, 0.25) is 0 Å². The lowest BCUT2D eigenvalue weighted by Crippen LogP contribution is -2.32. The van der Waals surface area contributed by atoms with Gasteiger partial charge in [-0.05, 0) is 52.0 Å². The number of nitrogens with zero attached hydrogens (tertiary/aromatic N) is 7. The molecule has 0 bridgehead atoms. The van der Waals surface area contributed by atoms with Crippen molar-refractivity contribution < 1.29 is 9.18 Å². The first-order valence-corrected chi connectivity index (χ1v) is 13.3. The summed E-state index contributed by atoms with van der Waals surface area (Å²) < 4.78 is 13.7. The fraction of sp³-hybridized carbons (Fsp3) is 0.423. The minimum Gasteiger partial charge on any atom is -0.362 e. The van der Waals surface area contributed by atoms with Gasteiger partial charge in [0, 0.05) is 24.1 Å². The molecule has 4 rings (SSSR count). The fourth-order valence-electron chi connectivity index (χ4n) is 3.83. The van der Waals surface area contributed by atoms with Crippen LogP contribution in [0.5, 0.6) is 0 Å². The third kappa shape index (κ3) is 6.10. The predicted octanol–water partition coefficient (Wildman–Crippen LogP) is 4.36. The first kappa shape index (κ1) is 26.6. The van der Waals surface area contributed by atoms with Crippen LogP contribution in [0, 0.1) is 13.8 Å². The monoisotopic (exact) mass is 522 g/mol. The molecule has 0 spiro atoms. The Morgan fingerprint density at radius 3 is 2.65 bits per heavy atom. The molecule has 0 amide bonds. The van der Waals surface area contributed by atoms with Gasteiger partial charge in [-0.3, -0.25) is 9.78 Å². The second-order valence-electron chi connectivity index (χ2n) is 9.07. The number of rotatable bonds is 10. The van der Waals surface area contributed by atoms with E-state index in [1.807, 2.05) is 32.2 Å². The molecular weight excluding hydrogens is 491 g/mol. The molecule has 0 aromatic carbocycles. The van der Waals surface area contributed by atoms with Gasteiger partial charge < -0.3 is 10.2 Å². The lowest BCUT2D eigenvalue weighted by atomic mass is 10.1. The molecule has 3 aromatic heterocycles. The second-order valence-corrected chi connectivity index (χ2v) is 9.95. The van der Waals surface area contributed by atoms with E-state index in [2.05, 4.69) is 25.3 Å². The maximum atomic E-state index is 13.7. The fourth-order valence-corrected chi connectivity index (χ4v) is 4.20. The molecule has 11 heteroatoms. The molecule has 3 aromatic rings. The second kappa shape index (κ2) is 11.7. The molecule has 0 unspecified atom stereocenters. The SMILES string of the molecule is CSc1ccc(CN/C(C=O)=N/c2c(C)nc(-c3c(C)ncnc3C3CC3)nc2N(C)[C@@H](C)CF)nc1. The van der Waals surface area contributed by atoms with Gasteiger partial charge in [0.15, 0.2) is 23.8 Å². The number of hydrogen-bond acceptors (Lipinski definition) is 9. The van der Waals surface area contributed by atoms with Crippen molar-refractivity contribution in [3.63, 3.8) is 0 Å². The average molecular weight is 523 g/mol. The van der Waals surface area contributed by atoms with Gasteiger partial charge in [0.05, 0.1) is 40.9 Å². The third-order valence-corrected chi connectivity index (χ3v) is 7.05. The summed E-state index contributed by atoms with van der Waals surface area (Å²) in [5.74, 6) is 1.38. The zero-order valence-electron chi connectivity index (χ0n) is 21.7. The summed E-state index contributed by atoms with van der Waals surface area (Å²) in [6.07, 6.45) is 8.12. The number of halogens is 1. The van der Waals surface area contributed by atoms with E-state index in [0.29, 0.717) is 41.8 Å². The highest BCUT2D eigenvalue weighted by molar-refractivity contribution is 7.98. The molecule has 1 atom stereocenters. The Morgan fingerprint density at radius 1 is 1.24 bits per heavy atom. The zero-order chi connectivity index (χ0) is 26.5. The van der Waals surface area contributed by atoms with E-state index >= 15 is 0 Å². The topological polar surface area (TPSA) is 109 Å². The van der Waals surface area contributed by atoms with Gasteiger partial charge in [0.25, 0.3) is 0 Å². The molecule has 3 heterocycles. The molecule has 0 aliphatic heterocycles. The first-order chi connectivity index (χ1) is 17.9. The van der Waals surface area contributed by atoms with Crippen molar-refractivity contribution in [2.24, 2.45) is 4.99 Å². The highest BCUT2D eigenvalue weighted by Gasteiger charge is 2.31. The van der Waals surface area contributed by atoms with Crippen molar-refractivity contribution in [1.82, 2.24) is 30.2 Å². The van der Waals surface area contributed by atoms with Crippen LogP contribution in [0.1, 0.15) is 48.5 Å². The van der Waals surface area contributed by atoms with Crippen LogP contribution in [0.3, 0.4) is 0 Å². The minimum absolute atomic E-state index is 0.107. The van der Waals surface area contributed by atoms with Crippen molar-refractivity contribution in [1.29, 1.82) is 0 Å². The number of hydrogen-bond donors (Lipinski definition) is 1. The Balaban J connectivity index is 1.74. The van der Waals surface area contributed by atoms with Crippen LogP contribution >= 0.6 is 11.8 Å². The number of thioether (sulfide) groups is 1. The van der Waals surface area contributed by atoms with E-state index in [9.17, 15) is 9.18 Å². The summed E-state index contributed by atoms with van der Waals surface area (Å²) in [5, 5.41) is 3.04. The number of aldehydes is 1. The molecule has 1 N–H and O–H groups in total. The van der Waals surface area contributed by atoms with Gasteiger partial charge in [-0.1, -0.05) is 0 Å². The smallest absolute Gasteiger partial charge is 0.185 e. The van der Waals surface area contributed by atoms with Crippen LogP contribution in [0.15, 0.2) is 34.5 Å². The lowest BCUT2D eigenvalue weighted by Gasteiger charge is -2.26. The Bertz CT molecular complexity index is 1300. The molecule has 1 aliphatic carbocycles. The number of aliphatic imine (C=N–C) groups is 1. The van der Waals surface area contributed by atoms with Crippen molar-refractivity contribution >= 4 is 35.4 Å². The van der Waals surface area contributed by atoms with Crippen LogP contribution < -0.4 is 10.2 Å². The zero-order valence-corrected chi connectivity index (χ0v) is 22.5. The third-order valence-electron chi connectivity index (χ3n) is 6.34. The quantitative estimate of drug-likeness (QED) is 0.180. The maximum Gasteiger partial charge on any atom is 0.185 e. The standard InChI is InChI=1S/C26H31FN8OS/c1-15(10-27)35(4)26-23(33-21(13-36)29-11-19-8-9-20(37-5)12-28-19)17(3)32-25(34-26)22-16(2)30-14-31-24(22)18-6-7-18/h8-9,12-15,18H,6-7,10-11H2,1-5H3,(H,29,33)/t15-/m0/s1. The minimum atomic E-state index is -0.574. The number of nitrogens with one attached hydrogen (secondary N) is 1. The molecule has 194 valence electrons. The van der Waals surface area contributed by atoms with Crippen LogP contribution in [0.25, 0.3) is 11.4 Å². The number of carbonyl (C=O) groups excluding carboxylic acids is 1. The summed E-state index contributed by atoms with van der Waals surface area (Å²) >= 11 is 1.61. The van der Waals surface area contributed by atoms with E-state index in [1.165, 1.54) is 0 Å². The number of alkyl halides is 1. The van der Waals surface area contributed by atoms with Crippen LogP contribution in [-0.2, 0) is 11.3 Å². The number of anilines is 1. The van der Waals surface area contributed by atoms with E-state index in [4.69, 9.17) is 9.97 Å². The number of carbonyl (C=O) groups is 1. The molecule has 9 nitrogen and oxygen atoms in total. The molecule has 37 heavy (non-hydrogen) atoms. The molecule has 1 saturated carbocycles. The normalized spacial score (nSPS) is 14.4. The van der Waals surface area contributed by atoms with Crippen molar-refractivity contribution in [2.75, 3.05) is 24.9 Å². The van der Waals surface area contributed by atoms with Gasteiger partial charge in [-0.25, -0.2) is 29.3 Å². The van der Waals surface area contributed by atoms with E-state index in [1.54, 1.807) is 43.2 Å². The van der Waals surface area contributed by atoms with E-state index in [0.717, 1.165) is 40.4 Å². The summed E-state index contributed by atoms with van der Waals surface area (Å²) in [4.78, 5) is 42.2. The highest BCUT2D eigenvalue weighted by atomic mass is 32.2. The van der Waals surface area contributed by atoms with Gasteiger partial charge in [-0.15, -0.1) is 11.8 Å². The predicted molar refractivity (Wildman–Crippen MR) is 144 cm³/mol. The maximum absolute atomic E-state index is 13.7. The van der Waals surface area contributed by atoms with Gasteiger partial charge in [0.1, 0.15) is 18.7 Å². The van der Waals surface area contributed by atoms with Gasteiger partial charge >= 0.3 is 0 Å². The summed E-state index contributed by atoms with van der Waals surface area (Å²) in [6.45, 7) is 5.23. The summed E-state index contributed by atoms with van der Waals surface area (Å²) in [7, 11) is 1.76. The average Bonchev–Trinajstić information content (AvgIpc) is 3.76. The van der Waals surface area contributed by atoms with Crippen LogP contribution in [0.2, 0.25) is 0 Å². The Labute approximate surface area is 220 Å². The number of amidine groups is 1. The Morgan fingerprint density at radius 2 is 2.03 bits per heavy atom. The molecule has 0 saturated heterocycles. The van der Waals surface area contributed by atoms with Crippen molar-refractivity contribution in [3.8, 4) is 11.4 Å². The highest BCUT2D eigenvalue weighted by Crippen LogP contribution is 2.44. The van der Waals surface area contributed by atoms with Crippen LogP contribution in [0.4, 0.5) is 15.9 Å². The largest absolute Gasteiger partial charge is 0.362 e. The van der Waals surface area contributed by atoms with Crippen LogP contribution in [-0.4, -0.2) is 63.1 Å². The van der Waals surface area contributed by atoms with E-state index < -0.39 is 12.7 Å². The number of aromatic nitrogens is 5. The summed E-state index contributed by atoms with van der Waals surface area (Å²) in [6, 6.07) is 3.41. The first-order valence-electron chi connectivity index (χ1n) is 12.1. The van der Waals surface area contributed by atoms with Crippen molar-refractivity contribution in [3.05, 3.63) is 47.4 Å². The van der Waals surface area contributed by atoms with Gasteiger partial charge in [-0.2, -0.15) is 0 Å². The number of aryl methyl sites for hydroxylation is 2. The van der Waals surface area contributed by atoms with E-state index in [-0.39, 0.29) is 5.84 Å². The molecular formula is C26H31FN8OS. The molecule has 0 radical (unpaired) electrons. The molecule has 1 fully saturated rings. The number of pyridine rings is 1.